The van der Waals surface area contributed by atoms with E-state index in [1.807, 2.05) is 22.9 Å². The molecule has 0 saturated carbocycles. The number of carbonyl (C=O) groups excluding carboxylic acids is 5. The molecule has 21 heteroatoms. The Morgan fingerprint density at radius 2 is 1.67 bits per heavy atom. The maximum atomic E-state index is 15.7. The van der Waals surface area contributed by atoms with E-state index in [0.717, 1.165) is 45.7 Å². The van der Waals surface area contributed by atoms with E-state index < -0.39 is 93.3 Å². The third-order valence-electron chi connectivity index (χ3n) is 12.5. The molecule has 6 heterocycles. The second kappa shape index (κ2) is 18.5. The second-order valence-electron chi connectivity index (χ2n) is 16.6. The molecule has 3 saturated heterocycles. The van der Waals surface area contributed by atoms with Crippen LogP contribution in [0.25, 0.3) is 5.57 Å². The first-order chi connectivity index (χ1) is 31.8. The highest BCUT2D eigenvalue weighted by molar-refractivity contribution is 7.90. The predicted octanol–water partition coefficient (Wildman–Crippen LogP) is 3.06. The van der Waals surface area contributed by atoms with Crippen LogP contribution >= 0.6 is 0 Å². The van der Waals surface area contributed by atoms with Crippen molar-refractivity contribution in [1.29, 1.82) is 0 Å². The average Bonchev–Trinajstić information content (AvgIpc) is 4.02. The van der Waals surface area contributed by atoms with Crippen LogP contribution < -0.4 is 25.0 Å². The molecule has 6 aliphatic heterocycles. The Hall–Kier alpha value is -6.42. The summed E-state index contributed by atoms with van der Waals surface area (Å²) in [4.78, 5) is 73.9. The normalized spacial score (nSPS) is 23.3. The number of hydrogen-bond acceptors (Lipinski definition) is 13. The summed E-state index contributed by atoms with van der Waals surface area (Å²) in [7, 11) is -4.36. The number of ether oxygens (including phenoxy) is 2. The molecular weight excluding hydrogens is 886 g/mol. The van der Waals surface area contributed by atoms with Crippen LogP contribution in [0.2, 0.25) is 0 Å². The minimum atomic E-state index is -4.36. The summed E-state index contributed by atoms with van der Waals surface area (Å²) >= 11 is 0. The lowest BCUT2D eigenvalue weighted by atomic mass is 9.88. The first-order valence-electron chi connectivity index (χ1n) is 21.6. The first-order valence-corrected chi connectivity index (χ1v) is 23.0. The number of piperazine rings is 1. The summed E-state index contributed by atoms with van der Waals surface area (Å²) in [6.45, 7) is 4.25. The molecule has 0 spiro atoms. The maximum Gasteiger partial charge on any atom is 0.301 e. The van der Waals surface area contributed by atoms with Crippen LogP contribution in [0.15, 0.2) is 77.4 Å². The third-order valence-corrected chi connectivity index (χ3v) is 14.0. The van der Waals surface area contributed by atoms with Gasteiger partial charge in [-0.1, -0.05) is 18.2 Å². The zero-order valence-electron chi connectivity index (χ0n) is 35.4. The largest absolute Gasteiger partial charge is 0.491 e. The number of Topliss-reactive ketones (excluding diaryl/α,β-unsaturated/α-hetero) is 1. The average molecular weight is 931 g/mol. The van der Waals surface area contributed by atoms with Gasteiger partial charge in [-0.3, -0.25) is 48.8 Å². The van der Waals surface area contributed by atoms with Crippen molar-refractivity contribution in [2.24, 2.45) is 10.9 Å². The monoisotopic (exact) mass is 930 g/mol. The molecule has 0 aliphatic carbocycles. The number of anilines is 2. The summed E-state index contributed by atoms with van der Waals surface area (Å²) in [6, 6.07) is 13.0. The quantitative estimate of drug-likeness (QED) is 0.115. The van der Waals surface area contributed by atoms with Gasteiger partial charge in [-0.25, -0.2) is 13.2 Å². The van der Waals surface area contributed by atoms with Gasteiger partial charge in [0.15, 0.2) is 11.6 Å². The number of fused-ring (bicyclic) bond motifs is 2. The number of nitrogens with one attached hydrogen (secondary N) is 3. The molecule has 4 atom stereocenters. The molecule has 3 N–H and O–H groups in total. The molecule has 17 nitrogen and oxygen atoms in total. The van der Waals surface area contributed by atoms with E-state index in [1.165, 1.54) is 6.20 Å². The molecule has 3 unspecified atom stereocenters. The lowest BCUT2D eigenvalue weighted by molar-refractivity contribution is -0.136. The van der Waals surface area contributed by atoms with Crippen LogP contribution in [-0.4, -0.2) is 142 Å². The molecule has 0 aromatic heterocycles. The number of aliphatic imine (C=N–C) groups is 1. The highest BCUT2D eigenvalue weighted by Crippen LogP contribution is 2.36. The molecule has 9 rings (SSSR count). The van der Waals surface area contributed by atoms with Gasteiger partial charge in [0, 0.05) is 81.8 Å². The van der Waals surface area contributed by atoms with Gasteiger partial charge in [-0.05, 0) is 66.4 Å². The zero-order valence-corrected chi connectivity index (χ0v) is 36.2. The molecule has 3 aromatic rings. The van der Waals surface area contributed by atoms with Crippen LogP contribution in [-0.2, 0) is 24.5 Å². The topological polar surface area (TPSA) is 199 Å². The molecule has 6 aliphatic rings. The lowest BCUT2D eigenvalue weighted by Gasteiger charge is -2.36. The van der Waals surface area contributed by atoms with Crippen LogP contribution in [0.1, 0.15) is 55.9 Å². The Balaban J connectivity index is 0.718. The fourth-order valence-corrected chi connectivity index (χ4v) is 10.2. The first kappa shape index (κ1) is 44.8. The van der Waals surface area contributed by atoms with Gasteiger partial charge in [0.2, 0.25) is 11.8 Å². The van der Waals surface area contributed by atoms with E-state index >= 15 is 8.78 Å². The molecule has 3 aromatic carbocycles. The predicted molar refractivity (Wildman–Crippen MR) is 234 cm³/mol. The fourth-order valence-electron chi connectivity index (χ4n) is 8.88. The Morgan fingerprint density at radius 3 is 2.41 bits per heavy atom. The maximum absolute atomic E-state index is 15.7. The lowest BCUT2D eigenvalue weighted by Crippen LogP contribution is -2.54. The number of hydrogen-bond donors (Lipinski definition) is 3. The summed E-state index contributed by atoms with van der Waals surface area (Å²) in [5.74, 6) is -5.77. The molecule has 66 heavy (non-hydrogen) atoms. The van der Waals surface area contributed by atoms with Crippen molar-refractivity contribution >= 4 is 62.8 Å². The molecule has 4 amide bonds. The highest BCUT2D eigenvalue weighted by Gasteiger charge is 2.45. The smallest absolute Gasteiger partial charge is 0.301 e. The number of benzene rings is 3. The molecule has 0 radical (unpaired) electrons. The number of ketones is 1. The van der Waals surface area contributed by atoms with Crippen molar-refractivity contribution in [2.45, 2.75) is 37.6 Å². The minimum absolute atomic E-state index is 0.00512. The van der Waals surface area contributed by atoms with Crippen LogP contribution in [0, 0.1) is 17.6 Å². The number of amides is 4. The van der Waals surface area contributed by atoms with Gasteiger partial charge in [0.1, 0.15) is 36.6 Å². The van der Waals surface area contributed by atoms with Gasteiger partial charge >= 0.3 is 10.2 Å². The third kappa shape index (κ3) is 8.94. The number of halogens is 3. The SMILES string of the molecule is O=C1CCC(N2C(=O)c3ccc(N4CCN(CCOCCOc5ccc(C6=CC7C(C(=O)c8c(F)ccc(NS(=O)(=O)N9CC[C@@H](F)C9)c8F)=CNC7N=C6)cc5)CC4)cc3C2=O)C(=O)N1. The van der Waals surface area contributed by atoms with Crippen LogP contribution in [0.3, 0.4) is 0 Å². The molecule has 3 fully saturated rings. The number of carbonyl (C=O) groups is 5. The van der Waals surface area contributed by atoms with E-state index in [9.17, 15) is 36.8 Å². The number of dihydropyridines is 1. The van der Waals surface area contributed by atoms with Crippen molar-refractivity contribution in [3.8, 4) is 5.75 Å². The van der Waals surface area contributed by atoms with Crippen LogP contribution in [0.4, 0.5) is 24.5 Å². The fraction of sp³-hybridized carbons (Fsp3) is 0.378. The van der Waals surface area contributed by atoms with Gasteiger partial charge < -0.3 is 19.7 Å². The Kier molecular flexibility index (Phi) is 12.5. The Labute approximate surface area is 377 Å². The molecular formula is C45H45F3N8O9S. The number of alkyl halides is 1. The summed E-state index contributed by atoms with van der Waals surface area (Å²) in [5.41, 5.74) is 1.18. The van der Waals surface area contributed by atoms with Gasteiger partial charge in [0.05, 0.1) is 35.6 Å². The Bertz CT molecular complexity index is 2690. The van der Waals surface area contributed by atoms with Crippen molar-refractivity contribution in [3.05, 3.63) is 106 Å². The molecule has 0 bridgehead atoms. The van der Waals surface area contributed by atoms with Gasteiger partial charge in [0.25, 0.3) is 11.8 Å². The second-order valence-corrected chi connectivity index (χ2v) is 18.3. The van der Waals surface area contributed by atoms with Crippen molar-refractivity contribution < 1.29 is 55.0 Å². The van der Waals surface area contributed by atoms with E-state index in [0.29, 0.717) is 50.8 Å². The van der Waals surface area contributed by atoms with Crippen molar-refractivity contribution in [2.75, 3.05) is 75.3 Å². The van der Waals surface area contributed by atoms with Gasteiger partial charge in [-0.15, -0.1) is 0 Å². The number of rotatable bonds is 15. The van der Waals surface area contributed by atoms with Gasteiger partial charge in [-0.2, -0.15) is 12.7 Å². The summed E-state index contributed by atoms with van der Waals surface area (Å²) in [6.07, 6.45) is 2.95. The number of nitrogens with zero attached hydrogens (tertiary/aromatic N) is 5. The zero-order chi connectivity index (χ0) is 46.3. The van der Waals surface area contributed by atoms with E-state index in [1.54, 1.807) is 36.6 Å². The van der Waals surface area contributed by atoms with Crippen LogP contribution in [0.5, 0.6) is 5.75 Å². The number of piperidine rings is 1. The highest BCUT2D eigenvalue weighted by atomic mass is 32.2. The van der Waals surface area contributed by atoms with E-state index in [2.05, 4.69) is 25.4 Å². The Morgan fingerprint density at radius 1 is 0.894 bits per heavy atom. The number of imide groups is 2. The van der Waals surface area contributed by atoms with E-state index in [-0.39, 0.29) is 42.5 Å². The standard InChI is InChI=1S/C45H45F3N8O9S/c46-28-11-12-55(25-28)66(62,63)52-36-8-7-35(47)39(40(36)48)41(58)34-24-50-42-32(34)21-27(23-49-42)26-1-4-30(5-2-26)65-20-19-64-18-17-53-13-15-54(16-14-53)29-3-6-31-33(22-29)45(61)56(44(31)60)37-9-10-38(57)51-43(37)59/h1-8,21-24,28,32,37,42,50,52H,9-20,25H2,(H,51,57,59)/t28-,32?,37?,42?/m1/s1. The molecule has 346 valence electrons. The van der Waals surface area contributed by atoms with Crippen molar-refractivity contribution in [1.82, 2.24) is 24.7 Å². The number of allylic oxidation sites excluding steroid dienone is 1. The van der Waals surface area contributed by atoms with Crippen molar-refractivity contribution in [3.63, 3.8) is 0 Å². The van der Waals surface area contributed by atoms with E-state index in [4.69, 9.17) is 9.47 Å². The summed E-state index contributed by atoms with van der Waals surface area (Å²) < 4.78 is 84.6. The summed E-state index contributed by atoms with van der Waals surface area (Å²) in [5, 5.41) is 5.17. The minimum Gasteiger partial charge on any atom is -0.491 e.